The largest absolute Gasteiger partial charge is 0.480 e. The van der Waals surface area contributed by atoms with E-state index in [1.165, 1.54) is 0 Å². The first-order chi connectivity index (χ1) is 9.40. The van der Waals surface area contributed by atoms with Crippen LogP contribution in [0.15, 0.2) is 24.3 Å². The van der Waals surface area contributed by atoms with E-state index in [0.717, 1.165) is 11.1 Å². The molecule has 1 atom stereocenters. The van der Waals surface area contributed by atoms with Crippen LogP contribution in [-0.4, -0.2) is 23.0 Å². The summed E-state index contributed by atoms with van der Waals surface area (Å²) in [5.74, 6) is -0.947. The molecule has 0 spiro atoms. The van der Waals surface area contributed by atoms with E-state index in [2.05, 4.69) is 5.32 Å². The minimum Gasteiger partial charge on any atom is -0.480 e. The van der Waals surface area contributed by atoms with Crippen LogP contribution in [0.25, 0.3) is 0 Å². The molecule has 0 aromatic heterocycles. The third-order valence-electron chi connectivity index (χ3n) is 3.22. The monoisotopic (exact) mass is 277 g/mol. The molecule has 0 heterocycles. The zero-order valence-electron chi connectivity index (χ0n) is 12.3. The van der Waals surface area contributed by atoms with Crippen LogP contribution in [0, 0.1) is 12.8 Å². The van der Waals surface area contributed by atoms with Crippen molar-refractivity contribution in [3.05, 3.63) is 35.4 Å². The minimum absolute atomic E-state index is 0.207. The molecule has 1 amide bonds. The highest BCUT2D eigenvalue weighted by molar-refractivity contribution is 5.83. The predicted molar refractivity (Wildman–Crippen MR) is 78.5 cm³/mol. The van der Waals surface area contributed by atoms with Crippen LogP contribution in [0.1, 0.15) is 37.8 Å². The molecule has 110 valence electrons. The molecule has 0 fully saturated rings. The van der Waals surface area contributed by atoms with Crippen molar-refractivity contribution in [2.24, 2.45) is 5.92 Å². The fourth-order valence-corrected chi connectivity index (χ4v) is 2.10. The molecular formula is C16H23NO3. The Balaban J connectivity index is 2.50. The SMILES string of the molecule is Cc1ccccc1CCC(=O)NC(CC(C)C)C(=O)O. The fourth-order valence-electron chi connectivity index (χ4n) is 2.10. The molecule has 4 nitrogen and oxygen atoms in total. The van der Waals surface area contributed by atoms with Gasteiger partial charge in [-0.2, -0.15) is 0 Å². The van der Waals surface area contributed by atoms with E-state index in [0.29, 0.717) is 19.3 Å². The summed E-state index contributed by atoms with van der Waals surface area (Å²) < 4.78 is 0. The van der Waals surface area contributed by atoms with Gasteiger partial charge in [0.15, 0.2) is 0 Å². The number of amides is 1. The van der Waals surface area contributed by atoms with Crippen molar-refractivity contribution in [2.45, 2.75) is 46.1 Å². The molecule has 20 heavy (non-hydrogen) atoms. The fraction of sp³-hybridized carbons (Fsp3) is 0.500. The maximum atomic E-state index is 11.8. The predicted octanol–water partition coefficient (Wildman–Crippen LogP) is 2.54. The lowest BCUT2D eigenvalue weighted by atomic mass is 10.0. The second-order valence-corrected chi connectivity index (χ2v) is 5.51. The van der Waals surface area contributed by atoms with Gasteiger partial charge in [-0.3, -0.25) is 4.79 Å². The Morgan fingerprint density at radius 2 is 1.90 bits per heavy atom. The van der Waals surface area contributed by atoms with Crippen molar-refractivity contribution in [3.8, 4) is 0 Å². The number of nitrogens with one attached hydrogen (secondary N) is 1. The molecule has 0 aliphatic heterocycles. The lowest BCUT2D eigenvalue weighted by molar-refractivity contribution is -0.142. The van der Waals surface area contributed by atoms with Crippen molar-refractivity contribution in [1.82, 2.24) is 5.32 Å². The second kappa shape index (κ2) is 7.68. The van der Waals surface area contributed by atoms with Gasteiger partial charge >= 0.3 is 5.97 Å². The van der Waals surface area contributed by atoms with Gasteiger partial charge in [0, 0.05) is 6.42 Å². The summed E-state index contributed by atoms with van der Waals surface area (Å²) in [7, 11) is 0. The first kappa shape index (κ1) is 16.2. The molecular weight excluding hydrogens is 254 g/mol. The number of carboxylic acids is 1. The van der Waals surface area contributed by atoms with Crippen molar-refractivity contribution < 1.29 is 14.7 Å². The van der Waals surface area contributed by atoms with Crippen molar-refractivity contribution in [3.63, 3.8) is 0 Å². The van der Waals surface area contributed by atoms with Crippen molar-refractivity contribution >= 4 is 11.9 Å². The standard InChI is InChI=1S/C16H23NO3/c1-11(2)10-14(16(19)20)17-15(18)9-8-13-7-5-4-6-12(13)3/h4-7,11,14H,8-10H2,1-3H3,(H,17,18)(H,19,20). The summed E-state index contributed by atoms with van der Waals surface area (Å²) >= 11 is 0. The van der Waals surface area contributed by atoms with E-state index in [1.807, 2.05) is 45.0 Å². The van der Waals surface area contributed by atoms with Crippen LogP contribution >= 0.6 is 0 Å². The lowest BCUT2D eigenvalue weighted by Crippen LogP contribution is -2.41. The first-order valence-electron chi connectivity index (χ1n) is 6.96. The van der Waals surface area contributed by atoms with Crippen LogP contribution in [0.4, 0.5) is 0 Å². The summed E-state index contributed by atoms with van der Waals surface area (Å²) in [4.78, 5) is 22.9. The molecule has 0 aliphatic rings. The molecule has 0 saturated carbocycles. The maximum absolute atomic E-state index is 11.8. The Bertz CT molecular complexity index is 469. The average molecular weight is 277 g/mol. The highest BCUT2D eigenvalue weighted by Crippen LogP contribution is 2.10. The van der Waals surface area contributed by atoms with Gasteiger partial charge in [0.2, 0.25) is 5.91 Å². The van der Waals surface area contributed by atoms with Crippen molar-refractivity contribution in [1.29, 1.82) is 0 Å². The summed E-state index contributed by atoms with van der Waals surface area (Å²) in [6.45, 7) is 5.89. The highest BCUT2D eigenvalue weighted by Gasteiger charge is 2.20. The Morgan fingerprint density at radius 3 is 2.45 bits per heavy atom. The summed E-state index contributed by atoms with van der Waals surface area (Å²) in [5.41, 5.74) is 2.27. The highest BCUT2D eigenvalue weighted by atomic mass is 16.4. The minimum atomic E-state index is -0.969. The molecule has 1 rings (SSSR count). The Labute approximate surface area is 120 Å². The average Bonchev–Trinajstić information content (AvgIpc) is 2.36. The number of benzene rings is 1. The van der Waals surface area contributed by atoms with Gasteiger partial charge < -0.3 is 10.4 Å². The Hall–Kier alpha value is -1.84. The first-order valence-corrected chi connectivity index (χ1v) is 6.96. The van der Waals surface area contributed by atoms with Crippen LogP contribution in [0.2, 0.25) is 0 Å². The van der Waals surface area contributed by atoms with Crippen molar-refractivity contribution in [2.75, 3.05) is 0 Å². The molecule has 0 radical (unpaired) electrons. The van der Waals surface area contributed by atoms with Gasteiger partial charge in [0.25, 0.3) is 0 Å². The Morgan fingerprint density at radius 1 is 1.25 bits per heavy atom. The molecule has 0 bridgehead atoms. The lowest BCUT2D eigenvalue weighted by Gasteiger charge is -2.16. The van der Waals surface area contributed by atoms with Crippen LogP contribution in [0.5, 0.6) is 0 Å². The number of aliphatic carboxylic acids is 1. The van der Waals surface area contributed by atoms with Crippen LogP contribution in [0.3, 0.4) is 0 Å². The van der Waals surface area contributed by atoms with E-state index in [1.54, 1.807) is 0 Å². The van der Waals surface area contributed by atoms with Crippen LogP contribution in [-0.2, 0) is 16.0 Å². The summed E-state index contributed by atoms with van der Waals surface area (Å²) in [5, 5.41) is 11.7. The zero-order valence-corrected chi connectivity index (χ0v) is 12.3. The zero-order chi connectivity index (χ0) is 15.1. The van der Waals surface area contributed by atoms with Gasteiger partial charge in [-0.05, 0) is 36.8 Å². The number of hydrogen-bond donors (Lipinski definition) is 2. The maximum Gasteiger partial charge on any atom is 0.326 e. The number of carboxylic acid groups (broad SMARTS) is 1. The topological polar surface area (TPSA) is 66.4 Å². The number of carbonyl (C=O) groups is 2. The molecule has 1 aromatic carbocycles. The quantitative estimate of drug-likeness (QED) is 0.805. The number of hydrogen-bond acceptors (Lipinski definition) is 2. The molecule has 4 heteroatoms. The second-order valence-electron chi connectivity index (χ2n) is 5.51. The molecule has 2 N–H and O–H groups in total. The van der Waals surface area contributed by atoms with E-state index in [4.69, 9.17) is 5.11 Å². The molecule has 1 unspecified atom stereocenters. The van der Waals surface area contributed by atoms with Gasteiger partial charge in [0.05, 0.1) is 0 Å². The van der Waals surface area contributed by atoms with Gasteiger partial charge in [-0.1, -0.05) is 38.1 Å². The van der Waals surface area contributed by atoms with Gasteiger partial charge in [-0.25, -0.2) is 4.79 Å². The molecule has 1 aromatic rings. The van der Waals surface area contributed by atoms with Crippen LogP contribution < -0.4 is 5.32 Å². The third-order valence-corrected chi connectivity index (χ3v) is 3.22. The molecule has 0 saturated heterocycles. The van der Waals surface area contributed by atoms with E-state index < -0.39 is 12.0 Å². The summed E-state index contributed by atoms with van der Waals surface area (Å²) in [6, 6.07) is 7.11. The number of rotatable bonds is 7. The normalized spacial score (nSPS) is 12.2. The number of carbonyl (C=O) groups excluding carboxylic acids is 1. The smallest absolute Gasteiger partial charge is 0.326 e. The van der Waals surface area contributed by atoms with E-state index in [-0.39, 0.29) is 11.8 Å². The van der Waals surface area contributed by atoms with Gasteiger partial charge in [-0.15, -0.1) is 0 Å². The van der Waals surface area contributed by atoms with E-state index >= 15 is 0 Å². The molecule has 0 aliphatic carbocycles. The van der Waals surface area contributed by atoms with Gasteiger partial charge in [0.1, 0.15) is 6.04 Å². The Kier molecular flexibility index (Phi) is 6.22. The van der Waals surface area contributed by atoms with E-state index in [9.17, 15) is 9.59 Å². The summed E-state index contributed by atoms with van der Waals surface area (Å²) in [6.07, 6.45) is 1.39. The third kappa shape index (κ3) is 5.43. The number of aryl methyl sites for hydroxylation is 2.